The van der Waals surface area contributed by atoms with E-state index in [4.69, 9.17) is 9.47 Å². The summed E-state index contributed by atoms with van der Waals surface area (Å²) in [6, 6.07) is 1.79. The number of thioether (sulfide) groups is 1. The van der Waals surface area contributed by atoms with Crippen LogP contribution < -0.4 is 31.9 Å². The fraction of sp³-hybridized carbons (Fsp3) is 0.386. The van der Waals surface area contributed by atoms with Crippen LogP contribution in [0.2, 0.25) is 0 Å². The number of aromatic nitrogens is 2. The van der Waals surface area contributed by atoms with Crippen LogP contribution >= 0.6 is 24.4 Å². The zero-order valence-corrected chi connectivity index (χ0v) is 38.9. The van der Waals surface area contributed by atoms with Crippen LogP contribution in [-0.2, 0) is 56.1 Å². The summed E-state index contributed by atoms with van der Waals surface area (Å²) >= 11 is 5.25. The molecule has 0 saturated heterocycles. The second kappa shape index (κ2) is 27.7. The lowest BCUT2D eigenvalue weighted by atomic mass is 10.2. The van der Waals surface area contributed by atoms with Gasteiger partial charge in [-0.05, 0) is 70.6 Å². The van der Waals surface area contributed by atoms with Crippen molar-refractivity contribution in [3.63, 3.8) is 0 Å². The molecule has 4 atom stereocenters. The number of halogens is 2. The molecule has 0 aromatic carbocycles. The van der Waals surface area contributed by atoms with Crippen molar-refractivity contribution in [2.24, 2.45) is 0 Å². The van der Waals surface area contributed by atoms with Gasteiger partial charge in [-0.15, -0.1) is 0 Å². The number of carbonyl (C=O) groups is 9. The highest BCUT2D eigenvalue weighted by Gasteiger charge is 2.27. The van der Waals surface area contributed by atoms with E-state index in [1.807, 2.05) is 0 Å². The number of rotatable bonds is 7. The Hall–Kier alpha value is -6.75. The van der Waals surface area contributed by atoms with Crippen molar-refractivity contribution in [1.29, 1.82) is 0 Å². The zero-order valence-electron chi connectivity index (χ0n) is 37.2. The van der Waals surface area contributed by atoms with E-state index in [-0.39, 0.29) is 65.2 Å². The number of esters is 2. The number of cyclic esters (lactones) is 2. The number of allylic oxidation sites excluding steroid dienone is 4. The Bertz CT molecular complexity index is 2330. The predicted octanol–water partition coefficient (Wildman–Crippen LogP) is 2.68. The van der Waals surface area contributed by atoms with Crippen molar-refractivity contribution in [2.45, 2.75) is 97.7 Å². The second-order valence-corrected chi connectivity index (χ2v) is 16.2. The SMILES string of the molecule is C/C=C1\NC(=O)c2cc(F)cc(n2)CNC(=O)C[C@@H](/C=C/CCS)OC(=O)[C@H](C)NC1=O.C/C=C1\NC(=O)c2cc(F)cc(n2)CNC(=O)C[C@@H](/C=C/CCSC(C)=O)OC(=O)[C@H](C)NC1=O. The van der Waals surface area contributed by atoms with E-state index >= 15 is 0 Å². The van der Waals surface area contributed by atoms with Gasteiger partial charge in [0.1, 0.15) is 58.7 Å². The van der Waals surface area contributed by atoms with E-state index in [1.165, 1.54) is 52.8 Å². The maximum absolute atomic E-state index is 14.1. The summed E-state index contributed by atoms with van der Waals surface area (Å²) in [7, 11) is 0. The topological polar surface area (TPSA) is 270 Å². The van der Waals surface area contributed by atoms with Gasteiger partial charge in [0.15, 0.2) is 5.12 Å². The van der Waals surface area contributed by atoms with Crippen LogP contribution in [0.5, 0.6) is 0 Å². The Balaban J connectivity index is 0.000000357. The molecule has 0 radical (unpaired) electrons. The number of nitrogens with zero attached hydrogens (tertiary/aromatic N) is 2. The van der Waals surface area contributed by atoms with Crippen LogP contribution in [0.15, 0.2) is 72.1 Å². The lowest BCUT2D eigenvalue weighted by Gasteiger charge is -2.19. The molecule has 2 aliphatic rings. The predicted molar refractivity (Wildman–Crippen MR) is 243 cm³/mol. The quantitative estimate of drug-likeness (QED) is 0.0692. The first-order chi connectivity index (χ1) is 31.8. The number of nitrogens with one attached hydrogen (secondary N) is 6. The molecule has 0 aliphatic carbocycles. The largest absolute Gasteiger partial charge is 0.456 e. The Morgan fingerprint density at radius 3 is 1.51 bits per heavy atom. The van der Waals surface area contributed by atoms with Crippen molar-refractivity contribution < 1.29 is 61.4 Å². The Kier molecular flexibility index (Phi) is 22.5. The number of amides is 6. The minimum absolute atomic E-state index is 0.0238. The van der Waals surface area contributed by atoms with Gasteiger partial charge in [0, 0.05) is 24.8 Å². The van der Waals surface area contributed by atoms with E-state index in [1.54, 1.807) is 18.2 Å². The standard InChI is InChI=1S/C23H27FN4O6S.C21H25FN4O5S/c1-4-18-21(31)26-13(2)23(33)34-17(7-5-6-8-35-14(3)29)11-20(30)25-12-16-9-15(24)10-19(27-16)22(32)28-18;1-3-16-19(28)24-12(2)21(30)31-15(6-4-5-7-32)10-18(27)23-11-14-8-13(22)9-17(25-14)20(29)26-16/h4-5,7,9-10,13,17H,6,8,11-12H2,1-3H3,(H,25,30)(H,26,31)(H,28,32);3-4,6,8-9,12,15,32H,5,7,10-11H2,1-2H3,(H,23,27)(H,24,28)(H,26,29)/b7-5+,18-4-;6-4+,16-3-/t13-,17+;12-,15+/m00/s1. The average molecular weight is 971 g/mol. The molecule has 4 rings (SSSR count). The van der Waals surface area contributed by atoms with E-state index in [9.17, 15) is 51.9 Å². The Morgan fingerprint density at radius 1 is 0.701 bits per heavy atom. The summed E-state index contributed by atoms with van der Waals surface area (Å²) in [6.07, 6.45) is 8.01. The lowest BCUT2D eigenvalue weighted by Crippen LogP contribution is -2.44. The number of hydrogen-bond acceptors (Lipinski definition) is 15. The van der Waals surface area contributed by atoms with E-state index in [0.29, 0.717) is 24.3 Å². The van der Waals surface area contributed by atoms with Crippen molar-refractivity contribution in [3.8, 4) is 0 Å². The third kappa shape index (κ3) is 19.3. The molecule has 0 saturated carbocycles. The molecule has 2 aromatic heterocycles. The zero-order chi connectivity index (χ0) is 49.6. The molecular weight excluding hydrogens is 919 g/mol. The van der Waals surface area contributed by atoms with E-state index < -0.39 is 83.3 Å². The molecule has 6 N–H and O–H groups in total. The van der Waals surface area contributed by atoms with Crippen LogP contribution in [-0.4, -0.2) is 98.3 Å². The van der Waals surface area contributed by atoms with Crippen molar-refractivity contribution in [1.82, 2.24) is 41.9 Å². The molecule has 4 heterocycles. The first-order valence-corrected chi connectivity index (χ1v) is 22.4. The van der Waals surface area contributed by atoms with Gasteiger partial charge in [-0.25, -0.2) is 28.3 Å². The molecule has 23 heteroatoms. The molecule has 0 unspecified atom stereocenters. The normalized spacial score (nSPS) is 21.8. The maximum atomic E-state index is 14.1. The third-order valence-electron chi connectivity index (χ3n) is 8.95. The highest BCUT2D eigenvalue weighted by atomic mass is 32.2. The summed E-state index contributed by atoms with van der Waals surface area (Å²) in [5.74, 6) is -6.07. The lowest BCUT2D eigenvalue weighted by molar-refractivity contribution is -0.152. The minimum Gasteiger partial charge on any atom is -0.456 e. The fourth-order valence-electron chi connectivity index (χ4n) is 5.60. The first-order valence-electron chi connectivity index (χ1n) is 20.7. The molecule has 0 fully saturated rings. The van der Waals surface area contributed by atoms with Crippen LogP contribution in [0.3, 0.4) is 0 Å². The number of carbonyl (C=O) groups excluding carboxylic acids is 9. The Morgan fingerprint density at radius 2 is 1.12 bits per heavy atom. The summed E-state index contributed by atoms with van der Waals surface area (Å²) in [5, 5.41) is 14.6. The van der Waals surface area contributed by atoms with Gasteiger partial charge >= 0.3 is 11.9 Å². The molecular formula is C44H52F2N8O11S2. The van der Waals surface area contributed by atoms with Gasteiger partial charge in [0.05, 0.1) is 37.3 Å². The Labute approximate surface area is 394 Å². The summed E-state index contributed by atoms with van der Waals surface area (Å²) < 4.78 is 38.8. The molecule has 0 spiro atoms. The molecule has 67 heavy (non-hydrogen) atoms. The average Bonchev–Trinajstić information content (AvgIpc) is 3.27. The van der Waals surface area contributed by atoms with Crippen LogP contribution in [0, 0.1) is 11.6 Å². The van der Waals surface area contributed by atoms with E-state index in [0.717, 1.165) is 36.0 Å². The summed E-state index contributed by atoms with van der Waals surface area (Å²) in [5.41, 5.74) is -0.676. The second-order valence-electron chi connectivity index (χ2n) is 14.4. The van der Waals surface area contributed by atoms with Crippen molar-refractivity contribution in [3.05, 3.63) is 107 Å². The number of pyridine rings is 2. The minimum atomic E-state index is -1.10. The van der Waals surface area contributed by atoms with Gasteiger partial charge in [-0.3, -0.25) is 33.6 Å². The smallest absolute Gasteiger partial charge is 0.328 e. The molecule has 6 amide bonds. The molecule has 360 valence electrons. The maximum Gasteiger partial charge on any atom is 0.328 e. The first kappa shape index (κ1) is 54.6. The van der Waals surface area contributed by atoms with Gasteiger partial charge in [0.2, 0.25) is 11.8 Å². The fourth-order valence-corrected chi connectivity index (χ4v) is 6.29. The third-order valence-corrected chi connectivity index (χ3v) is 10.1. The number of hydrogen-bond donors (Lipinski definition) is 7. The monoisotopic (exact) mass is 970 g/mol. The van der Waals surface area contributed by atoms with Gasteiger partial charge < -0.3 is 41.4 Å². The van der Waals surface area contributed by atoms with Crippen molar-refractivity contribution >= 4 is 76.9 Å². The molecule has 2 aromatic rings. The van der Waals surface area contributed by atoms with Crippen molar-refractivity contribution in [2.75, 3.05) is 11.5 Å². The van der Waals surface area contributed by atoms with Gasteiger partial charge in [-0.1, -0.05) is 36.1 Å². The van der Waals surface area contributed by atoms with Gasteiger partial charge in [0.25, 0.3) is 23.6 Å². The van der Waals surface area contributed by atoms with Crippen LogP contribution in [0.1, 0.15) is 92.7 Å². The number of thiol groups is 1. The molecule has 2 aliphatic heterocycles. The molecule has 19 nitrogen and oxygen atoms in total. The number of ether oxygens (including phenoxy) is 2. The summed E-state index contributed by atoms with van der Waals surface area (Å²) in [6.45, 7) is 6.95. The number of fused-ring (bicyclic) bond motifs is 4. The summed E-state index contributed by atoms with van der Waals surface area (Å²) in [4.78, 5) is 119. The molecule has 4 bridgehead atoms. The van der Waals surface area contributed by atoms with Crippen LogP contribution in [0.4, 0.5) is 8.78 Å². The van der Waals surface area contributed by atoms with E-state index in [2.05, 4.69) is 54.5 Å². The van der Waals surface area contributed by atoms with Gasteiger partial charge in [-0.2, -0.15) is 12.6 Å². The van der Waals surface area contributed by atoms with Crippen LogP contribution in [0.25, 0.3) is 0 Å². The highest BCUT2D eigenvalue weighted by molar-refractivity contribution is 8.13. The highest BCUT2D eigenvalue weighted by Crippen LogP contribution is 2.12.